The Bertz CT molecular complexity index is 680. The Morgan fingerprint density at radius 1 is 1.30 bits per heavy atom. The lowest BCUT2D eigenvalue weighted by molar-refractivity contribution is 0.0343. The van der Waals surface area contributed by atoms with Crippen LogP contribution >= 0.6 is 0 Å². The minimum Gasteiger partial charge on any atom is -0.360 e. The standard InChI is InChI=1S/C18H22N4O/c19-11-14-8-7-13(16-5-3-4-15(12-20)21-16)10-17(14)22-18-6-1-2-9-23-18/h3-5,7-8,10-11,18-19,22H,1-2,6,9,12,20H2. The molecule has 1 atom stereocenters. The van der Waals surface area contributed by atoms with Crippen molar-refractivity contribution in [2.75, 3.05) is 11.9 Å². The smallest absolute Gasteiger partial charge is 0.127 e. The summed E-state index contributed by atoms with van der Waals surface area (Å²) in [5, 5.41) is 11.0. The van der Waals surface area contributed by atoms with E-state index < -0.39 is 0 Å². The molecule has 1 fully saturated rings. The van der Waals surface area contributed by atoms with Crippen molar-refractivity contribution in [2.24, 2.45) is 5.73 Å². The van der Waals surface area contributed by atoms with Gasteiger partial charge in [0.05, 0.1) is 11.4 Å². The van der Waals surface area contributed by atoms with E-state index in [2.05, 4.69) is 10.3 Å². The molecule has 23 heavy (non-hydrogen) atoms. The zero-order valence-corrected chi connectivity index (χ0v) is 13.1. The molecule has 0 amide bonds. The number of aromatic nitrogens is 1. The number of hydrogen-bond donors (Lipinski definition) is 3. The topological polar surface area (TPSA) is 84.0 Å². The fourth-order valence-electron chi connectivity index (χ4n) is 2.75. The van der Waals surface area contributed by atoms with Gasteiger partial charge in [-0.05, 0) is 37.5 Å². The molecule has 1 aromatic heterocycles. The van der Waals surface area contributed by atoms with Gasteiger partial charge in [0, 0.05) is 36.2 Å². The maximum Gasteiger partial charge on any atom is 0.127 e. The summed E-state index contributed by atoms with van der Waals surface area (Å²) >= 11 is 0. The molecule has 0 bridgehead atoms. The van der Waals surface area contributed by atoms with E-state index in [-0.39, 0.29) is 6.23 Å². The number of nitrogens with one attached hydrogen (secondary N) is 2. The van der Waals surface area contributed by atoms with Crippen molar-refractivity contribution < 1.29 is 4.74 Å². The third-order valence-electron chi connectivity index (χ3n) is 4.02. The number of nitrogens with zero attached hydrogens (tertiary/aromatic N) is 1. The van der Waals surface area contributed by atoms with Crippen LogP contribution in [0, 0.1) is 5.41 Å². The summed E-state index contributed by atoms with van der Waals surface area (Å²) in [5.41, 5.74) is 10.2. The Morgan fingerprint density at radius 2 is 2.22 bits per heavy atom. The van der Waals surface area contributed by atoms with Crippen LogP contribution < -0.4 is 11.1 Å². The van der Waals surface area contributed by atoms with Gasteiger partial charge in [-0.2, -0.15) is 0 Å². The van der Waals surface area contributed by atoms with E-state index in [0.29, 0.717) is 6.54 Å². The molecule has 1 unspecified atom stereocenters. The van der Waals surface area contributed by atoms with E-state index >= 15 is 0 Å². The lowest BCUT2D eigenvalue weighted by Crippen LogP contribution is -2.27. The quantitative estimate of drug-likeness (QED) is 0.741. The normalized spacial score (nSPS) is 17.7. The molecule has 1 saturated heterocycles. The molecule has 1 aliphatic heterocycles. The molecule has 5 nitrogen and oxygen atoms in total. The summed E-state index contributed by atoms with van der Waals surface area (Å²) < 4.78 is 5.75. The number of anilines is 1. The largest absolute Gasteiger partial charge is 0.360 e. The molecule has 5 heteroatoms. The van der Waals surface area contributed by atoms with Gasteiger partial charge in [0.25, 0.3) is 0 Å². The molecule has 2 aromatic rings. The highest BCUT2D eigenvalue weighted by Crippen LogP contribution is 2.26. The predicted molar refractivity (Wildman–Crippen MR) is 92.7 cm³/mol. The Kier molecular flexibility index (Phi) is 5.00. The second kappa shape index (κ2) is 7.35. The van der Waals surface area contributed by atoms with Crippen molar-refractivity contribution in [1.82, 2.24) is 4.98 Å². The van der Waals surface area contributed by atoms with Crippen LogP contribution in [0.15, 0.2) is 36.4 Å². The molecule has 120 valence electrons. The molecule has 4 N–H and O–H groups in total. The lowest BCUT2D eigenvalue weighted by Gasteiger charge is -2.25. The van der Waals surface area contributed by atoms with Crippen LogP contribution in [0.25, 0.3) is 11.3 Å². The molecule has 0 aliphatic carbocycles. The predicted octanol–water partition coefficient (Wildman–Crippen LogP) is 3.14. The zero-order valence-electron chi connectivity index (χ0n) is 13.1. The summed E-state index contributed by atoms with van der Waals surface area (Å²) in [7, 11) is 0. The first kappa shape index (κ1) is 15.6. The van der Waals surface area contributed by atoms with Gasteiger partial charge in [-0.15, -0.1) is 0 Å². The summed E-state index contributed by atoms with van der Waals surface area (Å²) in [4.78, 5) is 4.56. The van der Waals surface area contributed by atoms with Crippen LogP contribution in [0.4, 0.5) is 5.69 Å². The van der Waals surface area contributed by atoms with Gasteiger partial charge in [-0.1, -0.05) is 18.2 Å². The van der Waals surface area contributed by atoms with Crippen LogP contribution in [-0.4, -0.2) is 24.0 Å². The van der Waals surface area contributed by atoms with Crippen molar-refractivity contribution >= 4 is 11.9 Å². The van der Waals surface area contributed by atoms with E-state index in [4.69, 9.17) is 15.9 Å². The molecule has 3 rings (SSSR count). The number of hydrogen-bond acceptors (Lipinski definition) is 5. The van der Waals surface area contributed by atoms with E-state index in [1.54, 1.807) is 0 Å². The third kappa shape index (κ3) is 3.75. The Labute approximate surface area is 136 Å². The second-order valence-corrected chi connectivity index (χ2v) is 5.66. The molecule has 0 radical (unpaired) electrons. The lowest BCUT2D eigenvalue weighted by atomic mass is 10.1. The minimum absolute atomic E-state index is 0.0148. The molecule has 2 heterocycles. The highest BCUT2D eigenvalue weighted by atomic mass is 16.5. The van der Waals surface area contributed by atoms with Crippen LogP contribution in [0.5, 0.6) is 0 Å². The van der Waals surface area contributed by atoms with Crippen molar-refractivity contribution in [3.05, 3.63) is 47.7 Å². The van der Waals surface area contributed by atoms with Crippen molar-refractivity contribution in [2.45, 2.75) is 32.0 Å². The highest BCUT2D eigenvalue weighted by molar-refractivity contribution is 5.87. The van der Waals surface area contributed by atoms with Gasteiger partial charge in [-0.3, -0.25) is 4.98 Å². The Morgan fingerprint density at radius 3 is 2.96 bits per heavy atom. The first-order valence-corrected chi connectivity index (χ1v) is 7.99. The average Bonchev–Trinajstić information content (AvgIpc) is 2.62. The third-order valence-corrected chi connectivity index (χ3v) is 4.02. The monoisotopic (exact) mass is 310 g/mol. The van der Waals surface area contributed by atoms with E-state index in [1.807, 2.05) is 36.4 Å². The Hall–Kier alpha value is -2.24. The van der Waals surface area contributed by atoms with Crippen molar-refractivity contribution in [1.29, 1.82) is 5.41 Å². The first-order chi connectivity index (χ1) is 11.3. The van der Waals surface area contributed by atoms with E-state index in [1.165, 1.54) is 6.21 Å². The fraction of sp³-hybridized carbons (Fsp3) is 0.333. The summed E-state index contributed by atoms with van der Waals surface area (Å²) in [6.07, 6.45) is 4.64. The van der Waals surface area contributed by atoms with E-state index in [9.17, 15) is 0 Å². The molecule has 0 saturated carbocycles. The average molecular weight is 310 g/mol. The second-order valence-electron chi connectivity index (χ2n) is 5.66. The van der Waals surface area contributed by atoms with Crippen molar-refractivity contribution in [3.8, 4) is 11.3 Å². The zero-order chi connectivity index (χ0) is 16.1. The number of pyridine rings is 1. The van der Waals surface area contributed by atoms with Gasteiger partial charge >= 0.3 is 0 Å². The van der Waals surface area contributed by atoms with Gasteiger partial charge in [0.1, 0.15) is 6.23 Å². The maximum absolute atomic E-state index is 7.60. The summed E-state index contributed by atoms with van der Waals surface area (Å²) in [6, 6.07) is 11.8. The number of ether oxygens (including phenoxy) is 1. The van der Waals surface area contributed by atoms with Crippen LogP contribution in [-0.2, 0) is 11.3 Å². The first-order valence-electron chi connectivity index (χ1n) is 7.99. The van der Waals surface area contributed by atoms with Crippen molar-refractivity contribution in [3.63, 3.8) is 0 Å². The summed E-state index contributed by atoms with van der Waals surface area (Å²) in [6.45, 7) is 1.21. The van der Waals surface area contributed by atoms with Gasteiger partial charge in [-0.25, -0.2) is 0 Å². The minimum atomic E-state index is 0.0148. The van der Waals surface area contributed by atoms with Crippen LogP contribution in [0.2, 0.25) is 0 Å². The van der Waals surface area contributed by atoms with Crippen LogP contribution in [0.3, 0.4) is 0 Å². The number of benzene rings is 1. The maximum atomic E-state index is 7.60. The molecule has 1 aliphatic rings. The fourth-order valence-corrected chi connectivity index (χ4v) is 2.75. The van der Waals surface area contributed by atoms with E-state index in [0.717, 1.165) is 54.1 Å². The molecule has 0 spiro atoms. The highest BCUT2D eigenvalue weighted by Gasteiger charge is 2.15. The molecule has 1 aromatic carbocycles. The summed E-state index contributed by atoms with van der Waals surface area (Å²) in [5.74, 6) is 0. The van der Waals surface area contributed by atoms with Crippen LogP contribution in [0.1, 0.15) is 30.5 Å². The van der Waals surface area contributed by atoms with Gasteiger partial charge in [0.15, 0.2) is 0 Å². The number of nitrogens with two attached hydrogens (primary N) is 1. The molecular weight excluding hydrogens is 288 g/mol. The van der Waals surface area contributed by atoms with Gasteiger partial charge < -0.3 is 21.2 Å². The molecular formula is C18H22N4O. The van der Waals surface area contributed by atoms with Gasteiger partial charge in [0.2, 0.25) is 0 Å². The number of rotatable bonds is 5. The SMILES string of the molecule is N=Cc1ccc(-c2cccc(CN)n2)cc1NC1CCCCO1. The Balaban J connectivity index is 1.89.